The molecule has 3 fully saturated rings. The second-order valence-electron chi connectivity index (χ2n) is 8.98. The molecule has 3 saturated heterocycles. The number of sulfone groups is 1. The Balaban J connectivity index is 1.52. The number of nitrogens with zero attached hydrogens (tertiary/aromatic N) is 2. The first-order valence-electron chi connectivity index (χ1n) is 11.0. The molecule has 3 aliphatic heterocycles. The van der Waals surface area contributed by atoms with E-state index >= 15 is 0 Å². The number of nitrogens with one attached hydrogen (secondary N) is 2. The van der Waals surface area contributed by atoms with Gasteiger partial charge in [-0.1, -0.05) is 12.1 Å². The molecule has 1 aromatic carbocycles. The summed E-state index contributed by atoms with van der Waals surface area (Å²) >= 11 is 0. The summed E-state index contributed by atoms with van der Waals surface area (Å²) in [6.07, 6.45) is 6.65. The molecular formula is C22H28N4O4S. The van der Waals surface area contributed by atoms with Crippen LogP contribution in [0.25, 0.3) is 10.8 Å². The topological polar surface area (TPSA) is 112 Å². The number of pyridine rings is 1. The van der Waals surface area contributed by atoms with E-state index in [0.717, 1.165) is 18.2 Å². The number of benzene rings is 1. The van der Waals surface area contributed by atoms with E-state index in [9.17, 15) is 18.3 Å². The number of hydrogen-bond acceptors (Lipinski definition) is 6. The van der Waals surface area contributed by atoms with Crippen LogP contribution in [-0.4, -0.2) is 65.6 Å². The van der Waals surface area contributed by atoms with Crippen molar-refractivity contribution in [2.45, 2.75) is 66.5 Å². The maximum atomic E-state index is 14.0. The Morgan fingerprint density at radius 2 is 2.00 bits per heavy atom. The van der Waals surface area contributed by atoms with Gasteiger partial charge in [0.05, 0.1) is 11.0 Å². The van der Waals surface area contributed by atoms with Crippen LogP contribution in [0.4, 0.5) is 4.79 Å². The summed E-state index contributed by atoms with van der Waals surface area (Å²) in [4.78, 5) is 18.1. The minimum absolute atomic E-state index is 0.0336. The normalized spacial score (nSPS) is 31.0. The van der Waals surface area contributed by atoms with Crippen molar-refractivity contribution in [2.75, 3.05) is 13.1 Å². The first kappa shape index (κ1) is 20.7. The van der Waals surface area contributed by atoms with Crippen molar-refractivity contribution < 1.29 is 18.3 Å². The van der Waals surface area contributed by atoms with Crippen molar-refractivity contribution in [3.8, 4) is 0 Å². The number of aliphatic hydroxyl groups is 1. The van der Waals surface area contributed by atoms with Gasteiger partial charge >= 0.3 is 6.03 Å². The van der Waals surface area contributed by atoms with Crippen LogP contribution in [0.1, 0.15) is 38.5 Å². The second kappa shape index (κ2) is 7.72. The maximum Gasteiger partial charge on any atom is 0.319 e. The summed E-state index contributed by atoms with van der Waals surface area (Å²) in [5, 5.41) is 17.6. The molecule has 0 aliphatic carbocycles. The second-order valence-corrected chi connectivity index (χ2v) is 11.2. The molecule has 4 heterocycles. The van der Waals surface area contributed by atoms with E-state index in [1.807, 2.05) is 6.07 Å². The molecule has 3 atom stereocenters. The number of carbonyl (C=O) groups is 1. The molecule has 2 aromatic rings. The Bertz CT molecular complexity index is 1080. The van der Waals surface area contributed by atoms with Gasteiger partial charge in [0.15, 0.2) is 4.87 Å². The van der Waals surface area contributed by atoms with Gasteiger partial charge in [-0.3, -0.25) is 4.98 Å². The summed E-state index contributed by atoms with van der Waals surface area (Å²) in [7, 11) is -3.91. The van der Waals surface area contributed by atoms with Gasteiger partial charge in [0, 0.05) is 41.8 Å². The van der Waals surface area contributed by atoms with E-state index in [4.69, 9.17) is 0 Å². The van der Waals surface area contributed by atoms with Crippen LogP contribution in [0.5, 0.6) is 0 Å². The number of amides is 2. The molecule has 1 aromatic heterocycles. The summed E-state index contributed by atoms with van der Waals surface area (Å²) < 4.78 is 28.1. The highest BCUT2D eigenvalue weighted by molar-refractivity contribution is 7.93. The van der Waals surface area contributed by atoms with Crippen LogP contribution in [0.3, 0.4) is 0 Å². The van der Waals surface area contributed by atoms with E-state index in [1.165, 1.54) is 0 Å². The van der Waals surface area contributed by atoms with E-state index < -0.39 is 14.7 Å². The Morgan fingerprint density at radius 1 is 1.23 bits per heavy atom. The maximum absolute atomic E-state index is 14.0. The predicted octanol–water partition coefficient (Wildman–Crippen LogP) is 1.79. The molecule has 0 radical (unpaired) electrons. The van der Waals surface area contributed by atoms with Gasteiger partial charge in [0.1, 0.15) is 0 Å². The molecule has 2 unspecified atom stereocenters. The van der Waals surface area contributed by atoms with Crippen molar-refractivity contribution in [3.63, 3.8) is 0 Å². The van der Waals surface area contributed by atoms with Crippen LogP contribution < -0.4 is 10.6 Å². The number of carbonyl (C=O) groups excluding carboxylic acids is 1. The summed E-state index contributed by atoms with van der Waals surface area (Å²) in [5.74, 6) is 0. The van der Waals surface area contributed by atoms with Crippen molar-refractivity contribution in [1.29, 1.82) is 0 Å². The fraction of sp³-hybridized carbons (Fsp3) is 0.545. The lowest BCUT2D eigenvalue weighted by Crippen LogP contribution is -2.65. The van der Waals surface area contributed by atoms with Gasteiger partial charge in [-0.2, -0.15) is 0 Å². The van der Waals surface area contributed by atoms with Gasteiger partial charge in [0.2, 0.25) is 9.84 Å². The van der Waals surface area contributed by atoms with E-state index in [1.54, 1.807) is 35.5 Å². The quantitative estimate of drug-likeness (QED) is 0.666. The van der Waals surface area contributed by atoms with Crippen LogP contribution in [0, 0.1) is 0 Å². The molecule has 2 bridgehead atoms. The zero-order valence-corrected chi connectivity index (χ0v) is 18.1. The number of aliphatic hydroxyl groups excluding tert-OH is 1. The molecule has 3 N–H and O–H groups in total. The Kier molecular flexibility index (Phi) is 5.15. The monoisotopic (exact) mass is 444 g/mol. The Morgan fingerprint density at radius 3 is 2.71 bits per heavy atom. The number of aromatic nitrogens is 1. The van der Waals surface area contributed by atoms with E-state index in [2.05, 4.69) is 15.6 Å². The smallest absolute Gasteiger partial charge is 0.319 e. The molecule has 0 saturated carbocycles. The standard InChI is InChI=1S/C22H28N4O4S/c27-18-11-16-5-6-17(12-18)26(16)21(28)25-22(8-2-9-24-14-22)31(29,30)20-4-1-3-15-13-23-10-7-19(15)20/h1,3-4,7,10,13,16-18,24,27H,2,5-6,8-9,11-12,14H2,(H,25,28)/t16?,17?,18?,22-/m0/s1. The fourth-order valence-electron chi connectivity index (χ4n) is 5.56. The lowest BCUT2D eigenvalue weighted by atomic mass is 10.0. The average molecular weight is 445 g/mol. The fourth-order valence-corrected chi connectivity index (χ4v) is 7.64. The average Bonchev–Trinajstić information content (AvgIpc) is 3.05. The van der Waals surface area contributed by atoms with Gasteiger partial charge in [0.25, 0.3) is 0 Å². The van der Waals surface area contributed by atoms with Gasteiger partial charge in [-0.15, -0.1) is 0 Å². The Labute approximate surface area is 182 Å². The third-order valence-corrected chi connectivity index (χ3v) is 9.48. The highest BCUT2D eigenvalue weighted by Crippen LogP contribution is 2.38. The van der Waals surface area contributed by atoms with Gasteiger partial charge in [-0.25, -0.2) is 13.2 Å². The highest BCUT2D eigenvalue weighted by atomic mass is 32.2. The van der Waals surface area contributed by atoms with E-state index in [-0.39, 0.29) is 35.7 Å². The zero-order valence-electron chi connectivity index (χ0n) is 17.3. The SMILES string of the molecule is O=C(N[C@]1(S(=O)(=O)c2cccc3cnccc23)CCCNC1)N1C2CCC1CC(O)C2. The molecule has 0 spiro atoms. The minimum Gasteiger partial charge on any atom is -0.393 e. The van der Waals surface area contributed by atoms with Crippen LogP contribution in [0.15, 0.2) is 41.6 Å². The lowest BCUT2D eigenvalue weighted by molar-refractivity contribution is 0.0525. The van der Waals surface area contributed by atoms with Crippen molar-refractivity contribution in [2.24, 2.45) is 0 Å². The molecule has 8 nitrogen and oxygen atoms in total. The molecular weight excluding hydrogens is 416 g/mol. The molecule has 31 heavy (non-hydrogen) atoms. The number of rotatable bonds is 3. The van der Waals surface area contributed by atoms with Crippen molar-refractivity contribution in [3.05, 3.63) is 36.7 Å². The Hall–Kier alpha value is -2.23. The first-order chi connectivity index (χ1) is 14.9. The number of hydrogen-bond donors (Lipinski definition) is 3. The van der Waals surface area contributed by atoms with Crippen LogP contribution in [-0.2, 0) is 9.84 Å². The number of urea groups is 1. The molecule has 5 rings (SSSR count). The molecule has 2 amide bonds. The van der Waals surface area contributed by atoms with Gasteiger partial charge in [-0.05, 0) is 57.2 Å². The summed E-state index contributed by atoms with van der Waals surface area (Å²) in [6.45, 7) is 0.877. The third-order valence-electron chi connectivity index (χ3n) is 7.07. The van der Waals surface area contributed by atoms with Gasteiger partial charge < -0.3 is 20.6 Å². The van der Waals surface area contributed by atoms with Crippen LogP contribution >= 0.6 is 0 Å². The lowest BCUT2D eigenvalue weighted by Gasteiger charge is -2.42. The molecule has 3 aliphatic rings. The summed E-state index contributed by atoms with van der Waals surface area (Å²) in [6, 6.07) is 6.47. The zero-order chi connectivity index (χ0) is 21.6. The highest BCUT2D eigenvalue weighted by Gasteiger charge is 2.50. The van der Waals surface area contributed by atoms with Crippen molar-refractivity contribution in [1.82, 2.24) is 20.5 Å². The first-order valence-corrected chi connectivity index (χ1v) is 12.5. The minimum atomic E-state index is -3.91. The summed E-state index contributed by atoms with van der Waals surface area (Å²) in [5.41, 5.74) is 0. The number of fused-ring (bicyclic) bond motifs is 3. The van der Waals surface area contributed by atoms with E-state index in [0.29, 0.717) is 37.6 Å². The number of piperidine rings is 2. The molecule has 9 heteroatoms. The largest absolute Gasteiger partial charge is 0.393 e. The molecule has 166 valence electrons. The third kappa shape index (κ3) is 3.39. The van der Waals surface area contributed by atoms with Crippen LogP contribution in [0.2, 0.25) is 0 Å². The van der Waals surface area contributed by atoms with Crippen molar-refractivity contribution >= 4 is 26.6 Å². The predicted molar refractivity (Wildman–Crippen MR) is 116 cm³/mol.